The van der Waals surface area contributed by atoms with E-state index in [2.05, 4.69) is 22.3 Å². The Hall–Kier alpha value is -2.63. The summed E-state index contributed by atoms with van der Waals surface area (Å²) in [6.45, 7) is 3.50. The Morgan fingerprint density at radius 1 is 1.37 bits per heavy atom. The molecule has 0 aliphatic heterocycles. The summed E-state index contributed by atoms with van der Waals surface area (Å²) < 4.78 is 15.4. The first-order chi connectivity index (χ1) is 13.0. The zero-order chi connectivity index (χ0) is 20.0. The number of anilines is 2. The largest absolute Gasteiger partial charge is 0.365 e. The zero-order valence-corrected chi connectivity index (χ0v) is 15.7. The molecule has 1 heterocycles. The lowest BCUT2D eigenvalue weighted by Crippen LogP contribution is -2.31. The van der Waals surface area contributed by atoms with Crippen LogP contribution in [-0.4, -0.2) is 28.8 Å². The summed E-state index contributed by atoms with van der Waals surface area (Å²) in [6, 6.07) is 5.06. The summed E-state index contributed by atoms with van der Waals surface area (Å²) in [6.07, 6.45) is 5.72. The van der Waals surface area contributed by atoms with Crippen LogP contribution >= 0.6 is 11.6 Å². The monoisotopic (exact) mass is 392 g/mol. The molecule has 0 unspecified atom stereocenters. The SMILES string of the molecule is C#N.CNC1CCC(n2cc(C(N)=O)c(Nc3ccc(Cl)c(F)c3)n2)CC1. The fraction of sp³-hybridized carbons (Fsp3) is 0.389. The number of hydrogen-bond acceptors (Lipinski definition) is 5. The Morgan fingerprint density at radius 3 is 2.59 bits per heavy atom. The third-order valence-electron chi connectivity index (χ3n) is 4.66. The predicted octanol–water partition coefficient (Wildman–Crippen LogP) is 3.36. The van der Waals surface area contributed by atoms with E-state index in [0.29, 0.717) is 17.5 Å². The lowest BCUT2D eigenvalue weighted by molar-refractivity contribution is 0.100. The number of carbonyl (C=O) groups excluding carboxylic acids is 1. The van der Waals surface area contributed by atoms with E-state index in [-0.39, 0.29) is 16.6 Å². The summed E-state index contributed by atoms with van der Waals surface area (Å²) in [5, 5.41) is 17.3. The fourth-order valence-corrected chi connectivity index (χ4v) is 3.31. The van der Waals surface area contributed by atoms with E-state index in [1.165, 1.54) is 12.1 Å². The molecule has 0 bridgehead atoms. The summed E-state index contributed by atoms with van der Waals surface area (Å²) in [5.74, 6) is -0.797. The first-order valence-corrected chi connectivity index (χ1v) is 8.90. The van der Waals surface area contributed by atoms with Crippen LogP contribution in [0.1, 0.15) is 42.1 Å². The zero-order valence-electron chi connectivity index (χ0n) is 15.0. The number of nitrogens with one attached hydrogen (secondary N) is 2. The molecule has 3 rings (SSSR count). The van der Waals surface area contributed by atoms with E-state index in [9.17, 15) is 9.18 Å². The van der Waals surface area contributed by atoms with Gasteiger partial charge in [0.2, 0.25) is 0 Å². The van der Waals surface area contributed by atoms with E-state index in [4.69, 9.17) is 22.6 Å². The third kappa shape index (κ3) is 4.96. The highest BCUT2D eigenvalue weighted by Gasteiger charge is 2.24. The van der Waals surface area contributed by atoms with Crippen molar-refractivity contribution in [2.24, 2.45) is 5.73 Å². The van der Waals surface area contributed by atoms with E-state index in [0.717, 1.165) is 25.7 Å². The van der Waals surface area contributed by atoms with Gasteiger partial charge in [-0.25, -0.2) is 9.65 Å². The van der Waals surface area contributed by atoms with Crippen LogP contribution in [0.25, 0.3) is 0 Å². The van der Waals surface area contributed by atoms with Gasteiger partial charge in [0, 0.05) is 24.5 Å². The van der Waals surface area contributed by atoms with Crippen LogP contribution in [-0.2, 0) is 0 Å². The quantitative estimate of drug-likeness (QED) is 0.722. The second-order valence-corrected chi connectivity index (χ2v) is 6.69. The Bertz CT molecular complexity index is 813. The van der Waals surface area contributed by atoms with E-state index in [1.54, 1.807) is 16.9 Å². The molecular formula is C18H22ClFN6O. The molecule has 0 atom stereocenters. The second kappa shape index (κ2) is 9.35. The minimum absolute atomic E-state index is 0.0347. The lowest BCUT2D eigenvalue weighted by atomic mass is 9.91. The molecular weight excluding hydrogens is 371 g/mol. The predicted molar refractivity (Wildman–Crippen MR) is 102 cm³/mol. The highest BCUT2D eigenvalue weighted by Crippen LogP contribution is 2.30. The number of nitriles is 1. The van der Waals surface area contributed by atoms with Gasteiger partial charge in [0.05, 0.1) is 11.1 Å². The number of halogens is 2. The van der Waals surface area contributed by atoms with Gasteiger partial charge in [-0.2, -0.15) is 5.10 Å². The minimum Gasteiger partial charge on any atom is -0.365 e. The van der Waals surface area contributed by atoms with E-state index >= 15 is 0 Å². The van der Waals surface area contributed by atoms with Gasteiger partial charge >= 0.3 is 0 Å². The number of nitrogens with two attached hydrogens (primary N) is 1. The molecule has 27 heavy (non-hydrogen) atoms. The maximum absolute atomic E-state index is 13.6. The summed E-state index contributed by atoms with van der Waals surface area (Å²) in [4.78, 5) is 11.8. The molecule has 0 saturated heterocycles. The number of primary amides is 1. The standard InChI is InChI=1S/C17H21ClFN5O.CHN/c1-21-10-2-5-12(6-3-10)24-9-13(16(20)25)17(23-24)22-11-4-7-14(18)15(19)8-11;1-2/h4,7-10,12,21H,2-3,5-6H2,1H3,(H2,20,25)(H,22,23);1H. The average molecular weight is 393 g/mol. The van der Waals surface area contributed by atoms with Crippen LogP contribution in [0, 0.1) is 17.7 Å². The van der Waals surface area contributed by atoms with Gasteiger partial charge in [-0.1, -0.05) is 11.6 Å². The molecule has 1 aliphatic carbocycles. The highest BCUT2D eigenvalue weighted by molar-refractivity contribution is 6.30. The number of amides is 1. The number of nitrogens with zero attached hydrogens (tertiary/aromatic N) is 3. The molecule has 4 N–H and O–H groups in total. The van der Waals surface area contributed by atoms with Gasteiger partial charge < -0.3 is 16.4 Å². The van der Waals surface area contributed by atoms with Crippen LogP contribution in [0.4, 0.5) is 15.9 Å². The molecule has 1 fully saturated rings. The summed E-state index contributed by atoms with van der Waals surface area (Å²) in [5.41, 5.74) is 6.21. The van der Waals surface area contributed by atoms with Crippen molar-refractivity contribution in [2.45, 2.75) is 37.8 Å². The summed E-state index contributed by atoms with van der Waals surface area (Å²) in [7, 11) is 1.97. The number of rotatable bonds is 5. The molecule has 7 nitrogen and oxygen atoms in total. The molecule has 1 aromatic carbocycles. The molecule has 1 aliphatic rings. The molecule has 1 amide bonds. The van der Waals surface area contributed by atoms with Crippen LogP contribution < -0.4 is 16.4 Å². The Morgan fingerprint density at radius 2 is 2.04 bits per heavy atom. The van der Waals surface area contributed by atoms with Crippen molar-refractivity contribution in [3.63, 3.8) is 0 Å². The van der Waals surface area contributed by atoms with Gasteiger partial charge in [0.25, 0.3) is 5.91 Å². The van der Waals surface area contributed by atoms with Gasteiger partial charge in [-0.05, 0) is 50.9 Å². The first kappa shape index (κ1) is 20.7. The average Bonchev–Trinajstić information content (AvgIpc) is 3.10. The highest BCUT2D eigenvalue weighted by atomic mass is 35.5. The molecule has 0 spiro atoms. The number of aromatic nitrogens is 2. The van der Waals surface area contributed by atoms with Crippen molar-refractivity contribution in [3.05, 3.63) is 40.8 Å². The van der Waals surface area contributed by atoms with Gasteiger partial charge in [-0.3, -0.25) is 9.48 Å². The maximum atomic E-state index is 13.6. The number of hydrogen-bond donors (Lipinski definition) is 3. The Labute approximate surface area is 162 Å². The molecule has 1 saturated carbocycles. The third-order valence-corrected chi connectivity index (χ3v) is 4.97. The maximum Gasteiger partial charge on any atom is 0.254 e. The summed E-state index contributed by atoms with van der Waals surface area (Å²) >= 11 is 5.69. The normalized spacial score (nSPS) is 19.0. The van der Waals surface area contributed by atoms with Crippen molar-refractivity contribution in [2.75, 3.05) is 12.4 Å². The van der Waals surface area contributed by atoms with Crippen LogP contribution in [0.5, 0.6) is 0 Å². The molecule has 2 aromatic rings. The number of benzene rings is 1. The van der Waals surface area contributed by atoms with Crippen molar-refractivity contribution < 1.29 is 9.18 Å². The van der Waals surface area contributed by atoms with Crippen LogP contribution in [0.3, 0.4) is 0 Å². The Kier molecular flexibility index (Phi) is 7.16. The van der Waals surface area contributed by atoms with Crippen molar-refractivity contribution in [1.29, 1.82) is 5.26 Å². The van der Waals surface area contributed by atoms with Gasteiger partial charge in [0.1, 0.15) is 11.4 Å². The van der Waals surface area contributed by atoms with Gasteiger partial charge in [-0.15, -0.1) is 0 Å². The second-order valence-electron chi connectivity index (χ2n) is 6.28. The van der Waals surface area contributed by atoms with E-state index in [1.807, 2.05) is 7.05 Å². The lowest BCUT2D eigenvalue weighted by Gasteiger charge is -2.28. The first-order valence-electron chi connectivity index (χ1n) is 8.52. The Balaban J connectivity index is 0.00000126. The topological polar surface area (TPSA) is 109 Å². The van der Waals surface area contributed by atoms with Crippen LogP contribution in [0.15, 0.2) is 24.4 Å². The van der Waals surface area contributed by atoms with Crippen molar-refractivity contribution in [3.8, 4) is 6.57 Å². The smallest absolute Gasteiger partial charge is 0.254 e. The molecule has 0 radical (unpaired) electrons. The number of carbonyl (C=O) groups is 1. The van der Waals surface area contributed by atoms with Crippen molar-refractivity contribution >= 4 is 29.0 Å². The van der Waals surface area contributed by atoms with E-state index < -0.39 is 11.7 Å². The minimum atomic E-state index is -0.577. The van der Waals surface area contributed by atoms with Crippen LogP contribution in [0.2, 0.25) is 5.02 Å². The molecule has 1 aromatic heterocycles. The molecule has 9 heteroatoms. The van der Waals surface area contributed by atoms with Crippen molar-refractivity contribution in [1.82, 2.24) is 15.1 Å². The fourth-order valence-electron chi connectivity index (χ4n) is 3.19. The van der Waals surface area contributed by atoms with Gasteiger partial charge in [0.15, 0.2) is 5.82 Å². The molecule has 144 valence electrons.